The second-order valence-electron chi connectivity index (χ2n) is 4.69. The number of thioether (sulfide) groups is 1. The highest BCUT2D eigenvalue weighted by Crippen LogP contribution is 2.32. The maximum Gasteiger partial charge on any atom is 0.277 e. The van der Waals surface area contributed by atoms with Crippen LogP contribution in [0.2, 0.25) is 0 Å². The quantitative estimate of drug-likeness (QED) is 0.642. The van der Waals surface area contributed by atoms with Crippen LogP contribution in [0.1, 0.15) is 5.82 Å². The third-order valence-electron chi connectivity index (χ3n) is 3.28. The van der Waals surface area contributed by atoms with Crippen molar-refractivity contribution in [2.24, 2.45) is 7.05 Å². The van der Waals surface area contributed by atoms with E-state index in [0.29, 0.717) is 28.4 Å². The number of aromatic nitrogens is 4. The Bertz CT molecular complexity index is 800. The fourth-order valence-electron chi connectivity index (χ4n) is 2.02. The van der Waals surface area contributed by atoms with Gasteiger partial charge in [0.25, 0.3) is 5.22 Å². The first-order valence-electron chi connectivity index (χ1n) is 6.86. The van der Waals surface area contributed by atoms with Gasteiger partial charge in [-0.3, -0.25) is 0 Å². The summed E-state index contributed by atoms with van der Waals surface area (Å²) in [6.07, 6.45) is 3.66. The third kappa shape index (κ3) is 3.31. The lowest BCUT2D eigenvalue weighted by Crippen LogP contribution is -1.94. The summed E-state index contributed by atoms with van der Waals surface area (Å²) in [5.74, 6) is 3.32. The van der Waals surface area contributed by atoms with Crippen molar-refractivity contribution in [3.8, 4) is 23.0 Å². The van der Waals surface area contributed by atoms with E-state index in [1.807, 2.05) is 23.9 Å². The highest BCUT2D eigenvalue weighted by atomic mass is 32.2. The molecule has 3 aromatic rings. The molecule has 0 amide bonds. The van der Waals surface area contributed by atoms with Crippen LogP contribution in [0.15, 0.2) is 40.2 Å². The van der Waals surface area contributed by atoms with Gasteiger partial charge in [-0.15, -0.1) is 10.2 Å². The zero-order chi connectivity index (χ0) is 16.2. The molecule has 23 heavy (non-hydrogen) atoms. The van der Waals surface area contributed by atoms with Crippen LogP contribution >= 0.6 is 11.8 Å². The summed E-state index contributed by atoms with van der Waals surface area (Å²) in [5, 5.41) is 8.63. The minimum absolute atomic E-state index is 0.438. The Hall–Kier alpha value is -2.48. The molecule has 2 heterocycles. The zero-order valence-corrected chi connectivity index (χ0v) is 13.8. The maximum absolute atomic E-state index is 5.69. The van der Waals surface area contributed by atoms with Crippen molar-refractivity contribution in [2.45, 2.75) is 11.0 Å². The third-order valence-corrected chi connectivity index (χ3v) is 4.10. The molecule has 1 aromatic carbocycles. The van der Waals surface area contributed by atoms with Gasteiger partial charge in [0.1, 0.15) is 5.82 Å². The summed E-state index contributed by atoms with van der Waals surface area (Å²) < 4.78 is 18.1. The normalized spacial score (nSPS) is 10.7. The lowest BCUT2D eigenvalue weighted by atomic mass is 10.2. The largest absolute Gasteiger partial charge is 0.493 e. The molecule has 2 aromatic heterocycles. The van der Waals surface area contributed by atoms with Crippen LogP contribution in [-0.2, 0) is 12.8 Å². The van der Waals surface area contributed by atoms with Crippen LogP contribution in [0.4, 0.5) is 0 Å². The van der Waals surface area contributed by atoms with Gasteiger partial charge >= 0.3 is 0 Å². The predicted octanol–water partition coefficient (Wildman–Crippen LogP) is 2.78. The molecule has 0 radical (unpaired) electrons. The molecule has 120 valence electrons. The van der Waals surface area contributed by atoms with E-state index in [1.54, 1.807) is 32.5 Å². The Kier molecular flexibility index (Phi) is 4.52. The summed E-state index contributed by atoms with van der Waals surface area (Å²) in [6, 6.07) is 5.46. The fourth-order valence-corrected chi connectivity index (χ4v) is 2.78. The summed E-state index contributed by atoms with van der Waals surface area (Å²) >= 11 is 1.45. The Morgan fingerprint density at radius 1 is 1.17 bits per heavy atom. The van der Waals surface area contributed by atoms with Crippen molar-refractivity contribution >= 4 is 11.8 Å². The molecule has 0 N–H and O–H groups in total. The lowest BCUT2D eigenvalue weighted by Gasteiger charge is -2.07. The molecule has 0 fully saturated rings. The number of methoxy groups -OCH3 is 2. The molecule has 0 spiro atoms. The van der Waals surface area contributed by atoms with Gasteiger partial charge in [0.15, 0.2) is 11.5 Å². The molecule has 0 aliphatic carbocycles. The zero-order valence-electron chi connectivity index (χ0n) is 13.0. The first kappa shape index (κ1) is 15.4. The van der Waals surface area contributed by atoms with Crippen molar-refractivity contribution in [1.29, 1.82) is 0 Å². The van der Waals surface area contributed by atoms with Crippen molar-refractivity contribution < 1.29 is 13.9 Å². The molecule has 3 rings (SSSR count). The van der Waals surface area contributed by atoms with Crippen LogP contribution in [0.3, 0.4) is 0 Å². The van der Waals surface area contributed by atoms with E-state index in [-0.39, 0.29) is 0 Å². The summed E-state index contributed by atoms with van der Waals surface area (Å²) in [5.41, 5.74) is 0.777. The number of hydrogen-bond acceptors (Lipinski definition) is 7. The number of ether oxygens (including phenoxy) is 2. The van der Waals surface area contributed by atoms with Crippen LogP contribution in [-0.4, -0.2) is 34.0 Å². The number of imidazole rings is 1. The number of nitrogens with zero attached hydrogens (tertiary/aromatic N) is 4. The van der Waals surface area contributed by atoms with Crippen LogP contribution in [0.5, 0.6) is 11.5 Å². The van der Waals surface area contributed by atoms with Gasteiger partial charge in [-0.05, 0) is 18.2 Å². The molecule has 0 aliphatic rings. The number of benzene rings is 1. The monoisotopic (exact) mass is 332 g/mol. The molecule has 8 heteroatoms. The first-order chi connectivity index (χ1) is 11.2. The predicted molar refractivity (Wildman–Crippen MR) is 85.6 cm³/mol. The summed E-state index contributed by atoms with van der Waals surface area (Å²) in [6.45, 7) is 0. The topological polar surface area (TPSA) is 75.2 Å². The van der Waals surface area contributed by atoms with Crippen molar-refractivity contribution in [3.63, 3.8) is 0 Å². The molecule has 0 atom stereocenters. The molecule has 0 saturated heterocycles. The molecule has 7 nitrogen and oxygen atoms in total. The van der Waals surface area contributed by atoms with Gasteiger partial charge in [-0.25, -0.2) is 4.98 Å². The first-order valence-corrected chi connectivity index (χ1v) is 7.84. The van der Waals surface area contributed by atoms with Crippen LogP contribution in [0.25, 0.3) is 11.5 Å². The molecule has 0 saturated carbocycles. The minimum atomic E-state index is 0.438. The summed E-state index contributed by atoms with van der Waals surface area (Å²) in [4.78, 5) is 4.26. The highest BCUT2D eigenvalue weighted by Gasteiger charge is 2.13. The Morgan fingerprint density at radius 2 is 2.00 bits per heavy atom. The Balaban J connectivity index is 1.75. The van der Waals surface area contributed by atoms with Crippen molar-refractivity contribution in [3.05, 3.63) is 36.4 Å². The van der Waals surface area contributed by atoms with Gasteiger partial charge in [0, 0.05) is 25.0 Å². The molecule has 0 aliphatic heterocycles. The van der Waals surface area contributed by atoms with E-state index in [4.69, 9.17) is 13.9 Å². The van der Waals surface area contributed by atoms with Gasteiger partial charge < -0.3 is 18.5 Å². The van der Waals surface area contributed by atoms with Gasteiger partial charge in [0.05, 0.1) is 20.0 Å². The van der Waals surface area contributed by atoms with E-state index in [2.05, 4.69) is 15.2 Å². The average Bonchev–Trinajstić information content (AvgIpc) is 3.21. The fraction of sp³-hybridized carbons (Fsp3) is 0.267. The molecular formula is C15H16N4O3S. The Morgan fingerprint density at radius 3 is 2.70 bits per heavy atom. The smallest absolute Gasteiger partial charge is 0.277 e. The maximum atomic E-state index is 5.69. The van der Waals surface area contributed by atoms with E-state index in [1.165, 1.54) is 11.8 Å². The summed E-state index contributed by atoms with van der Waals surface area (Å²) in [7, 11) is 5.13. The highest BCUT2D eigenvalue weighted by molar-refractivity contribution is 7.98. The van der Waals surface area contributed by atoms with Gasteiger partial charge in [0.2, 0.25) is 5.89 Å². The Labute approximate surface area is 137 Å². The molecular weight excluding hydrogens is 316 g/mol. The standard InChI is InChI=1S/C15H16N4O3S/c1-19-7-6-16-13(19)9-23-15-18-17-14(22-15)10-4-5-11(20-2)12(8-10)21-3/h4-8H,9H2,1-3H3. The van der Waals surface area contributed by atoms with Crippen molar-refractivity contribution in [2.75, 3.05) is 14.2 Å². The van der Waals surface area contributed by atoms with E-state index >= 15 is 0 Å². The number of rotatable bonds is 6. The van der Waals surface area contributed by atoms with E-state index < -0.39 is 0 Å². The number of hydrogen-bond donors (Lipinski definition) is 0. The van der Waals surface area contributed by atoms with Crippen LogP contribution < -0.4 is 9.47 Å². The van der Waals surface area contributed by atoms with E-state index in [0.717, 1.165) is 11.4 Å². The molecule has 0 bridgehead atoms. The van der Waals surface area contributed by atoms with Crippen LogP contribution in [0, 0.1) is 0 Å². The second-order valence-corrected chi connectivity index (χ2v) is 5.61. The minimum Gasteiger partial charge on any atom is -0.493 e. The number of aryl methyl sites for hydroxylation is 1. The lowest BCUT2D eigenvalue weighted by molar-refractivity contribution is 0.355. The average molecular weight is 332 g/mol. The second kappa shape index (κ2) is 6.74. The van der Waals surface area contributed by atoms with Gasteiger partial charge in [-0.2, -0.15) is 0 Å². The SMILES string of the molecule is COc1ccc(-c2nnc(SCc3nccn3C)o2)cc1OC. The van der Waals surface area contributed by atoms with Crippen molar-refractivity contribution in [1.82, 2.24) is 19.7 Å². The van der Waals surface area contributed by atoms with Gasteiger partial charge in [-0.1, -0.05) is 11.8 Å². The molecule has 0 unspecified atom stereocenters. The van der Waals surface area contributed by atoms with E-state index in [9.17, 15) is 0 Å².